The van der Waals surface area contributed by atoms with Crippen LogP contribution in [0.15, 0.2) is 23.1 Å². The Balaban J connectivity index is 2.07. The van der Waals surface area contributed by atoms with E-state index in [0.717, 1.165) is 17.7 Å². The van der Waals surface area contributed by atoms with Crippen LogP contribution in [0.3, 0.4) is 0 Å². The largest absolute Gasteiger partial charge is 0.399 e. The van der Waals surface area contributed by atoms with Gasteiger partial charge < -0.3 is 11.5 Å². The molecule has 1 aromatic carbocycles. The minimum atomic E-state index is -0.271. The van der Waals surface area contributed by atoms with Gasteiger partial charge in [-0.1, -0.05) is 12.8 Å². The maximum absolute atomic E-state index is 13.2. The Morgan fingerprint density at radius 1 is 1.19 bits per heavy atom. The van der Waals surface area contributed by atoms with Crippen molar-refractivity contribution in [3.8, 4) is 0 Å². The van der Waals surface area contributed by atoms with Gasteiger partial charge in [0.15, 0.2) is 0 Å². The Hall–Kier alpha value is -0.740. The first-order valence-corrected chi connectivity index (χ1v) is 6.51. The summed E-state index contributed by atoms with van der Waals surface area (Å²) < 4.78 is 13.2. The minimum Gasteiger partial charge on any atom is -0.399 e. The monoisotopic (exact) mass is 240 g/mol. The van der Waals surface area contributed by atoms with Crippen molar-refractivity contribution < 1.29 is 4.39 Å². The molecule has 0 amide bonds. The summed E-state index contributed by atoms with van der Waals surface area (Å²) >= 11 is 1.66. The van der Waals surface area contributed by atoms with Crippen molar-refractivity contribution in [2.45, 2.75) is 41.9 Å². The third-order valence-corrected chi connectivity index (χ3v) is 4.33. The maximum atomic E-state index is 13.2. The van der Waals surface area contributed by atoms with Crippen molar-refractivity contribution >= 4 is 17.4 Å². The molecule has 1 aromatic rings. The third kappa shape index (κ3) is 2.89. The van der Waals surface area contributed by atoms with E-state index in [4.69, 9.17) is 11.5 Å². The van der Waals surface area contributed by atoms with Gasteiger partial charge in [0, 0.05) is 21.9 Å². The summed E-state index contributed by atoms with van der Waals surface area (Å²) in [6.45, 7) is 0. The highest BCUT2D eigenvalue weighted by Crippen LogP contribution is 2.34. The van der Waals surface area contributed by atoms with Crippen molar-refractivity contribution in [3.05, 3.63) is 24.0 Å². The molecule has 1 aliphatic rings. The van der Waals surface area contributed by atoms with Gasteiger partial charge in [0.1, 0.15) is 5.82 Å². The van der Waals surface area contributed by atoms with Gasteiger partial charge in [-0.25, -0.2) is 4.39 Å². The van der Waals surface area contributed by atoms with Gasteiger partial charge in [-0.2, -0.15) is 0 Å². The summed E-state index contributed by atoms with van der Waals surface area (Å²) in [5.41, 5.74) is 12.2. The molecule has 0 radical (unpaired) electrons. The summed E-state index contributed by atoms with van der Waals surface area (Å²) in [7, 11) is 0. The van der Waals surface area contributed by atoms with E-state index < -0.39 is 0 Å². The Kier molecular flexibility index (Phi) is 3.71. The molecule has 88 valence electrons. The van der Waals surface area contributed by atoms with Crippen LogP contribution >= 0.6 is 11.8 Å². The van der Waals surface area contributed by atoms with Gasteiger partial charge in [0.2, 0.25) is 0 Å². The van der Waals surface area contributed by atoms with Crippen molar-refractivity contribution in [1.29, 1.82) is 0 Å². The molecule has 4 heteroatoms. The van der Waals surface area contributed by atoms with Crippen molar-refractivity contribution in [1.82, 2.24) is 0 Å². The maximum Gasteiger partial charge on any atom is 0.126 e. The lowest BCUT2D eigenvalue weighted by Crippen LogP contribution is -2.35. The molecule has 2 rings (SSSR count). The van der Waals surface area contributed by atoms with Crippen LogP contribution in [-0.2, 0) is 0 Å². The van der Waals surface area contributed by atoms with Gasteiger partial charge in [0.25, 0.3) is 0 Å². The van der Waals surface area contributed by atoms with Gasteiger partial charge >= 0.3 is 0 Å². The van der Waals surface area contributed by atoms with Crippen LogP contribution in [0.4, 0.5) is 10.1 Å². The van der Waals surface area contributed by atoms with E-state index in [2.05, 4.69) is 0 Å². The van der Waals surface area contributed by atoms with E-state index in [1.54, 1.807) is 11.8 Å². The van der Waals surface area contributed by atoms with E-state index in [1.165, 1.54) is 25.0 Å². The number of benzene rings is 1. The van der Waals surface area contributed by atoms with E-state index in [9.17, 15) is 4.39 Å². The van der Waals surface area contributed by atoms with Crippen LogP contribution in [0, 0.1) is 5.82 Å². The zero-order valence-corrected chi connectivity index (χ0v) is 9.97. The Labute approximate surface area is 99.6 Å². The van der Waals surface area contributed by atoms with E-state index >= 15 is 0 Å². The quantitative estimate of drug-likeness (QED) is 0.782. The Morgan fingerprint density at radius 3 is 2.62 bits per heavy atom. The molecule has 2 atom stereocenters. The Morgan fingerprint density at radius 2 is 1.94 bits per heavy atom. The summed E-state index contributed by atoms with van der Waals surface area (Å²) in [5.74, 6) is -0.271. The smallest absolute Gasteiger partial charge is 0.126 e. The van der Waals surface area contributed by atoms with E-state index in [0.29, 0.717) is 10.9 Å². The van der Waals surface area contributed by atoms with Crippen molar-refractivity contribution in [3.63, 3.8) is 0 Å². The molecule has 2 unspecified atom stereocenters. The second-order valence-corrected chi connectivity index (χ2v) is 5.64. The van der Waals surface area contributed by atoms with E-state index in [-0.39, 0.29) is 11.9 Å². The minimum absolute atomic E-state index is 0.225. The number of halogens is 1. The lowest BCUT2D eigenvalue weighted by molar-refractivity contribution is 0.453. The molecular weight excluding hydrogens is 223 g/mol. The number of nitrogen functional groups attached to an aromatic ring is 1. The summed E-state index contributed by atoms with van der Waals surface area (Å²) in [6, 6.07) is 4.91. The molecule has 1 fully saturated rings. The predicted octanol–water partition coefficient (Wildman–Crippen LogP) is 2.77. The fourth-order valence-corrected chi connectivity index (χ4v) is 3.43. The number of hydrogen-bond donors (Lipinski definition) is 2. The van der Waals surface area contributed by atoms with Crippen LogP contribution in [-0.4, -0.2) is 11.3 Å². The zero-order valence-electron chi connectivity index (χ0n) is 9.16. The molecule has 0 aliphatic heterocycles. The fraction of sp³-hybridized carbons (Fsp3) is 0.500. The topological polar surface area (TPSA) is 52.0 Å². The molecular formula is C12H17FN2S. The lowest BCUT2D eigenvalue weighted by Gasteiger charge is -2.28. The third-order valence-electron chi connectivity index (χ3n) is 2.93. The number of thioether (sulfide) groups is 1. The van der Waals surface area contributed by atoms with Crippen LogP contribution in [0.25, 0.3) is 0 Å². The number of hydrogen-bond acceptors (Lipinski definition) is 3. The van der Waals surface area contributed by atoms with Gasteiger partial charge in [-0.15, -0.1) is 11.8 Å². The van der Waals surface area contributed by atoms with Crippen molar-refractivity contribution in [2.75, 3.05) is 5.73 Å². The summed E-state index contributed by atoms with van der Waals surface area (Å²) in [4.78, 5) is 0.889. The first-order valence-electron chi connectivity index (χ1n) is 5.63. The fourth-order valence-electron chi connectivity index (χ4n) is 2.10. The molecule has 16 heavy (non-hydrogen) atoms. The second-order valence-electron chi connectivity index (χ2n) is 4.32. The van der Waals surface area contributed by atoms with Gasteiger partial charge in [-0.3, -0.25) is 0 Å². The zero-order chi connectivity index (χ0) is 11.5. The van der Waals surface area contributed by atoms with Crippen LogP contribution in [0.5, 0.6) is 0 Å². The average Bonchev–Trinajstić information content (AvgIpc) is 2.20. The number of rotatable bonds is 2. The molecule has 4 N–H and O–H groups in total. The van der Waals surface area contributed by atoms with Crippen molar-refractivity contribution in [2.24, 2.45) is 5.73 Å². The molecule has 2 nitrogen and oxygen atoms in total. The number of anilines is 1. The highest BCUT2D eigenvalue weighted by atomic mass is 32.2. The molecule has 1 saturated carbocycles. The van der Waals surface area contributed by atoms with Gasteiger partial charge in [0.05, 0.1) is 0 Å². The second kappa shape index (κ2) is 5.06. The van der Waals surface area contributed by atoms with Crippen LogP contribution < -0.4 is 11.5 Å². The normalized spacial score (nSPS) is 25.6. The standard InChI is InChI=1S/C12H17FN2S/c13-8-5-9(14)7-10(6-8)16-12-4-2-1-3-11(12)15/h5-7,11-12H,1-4,14-15H2. The number of nitrogens with two attached hydrogens (primary N) is 2. The molecule has 1 aliphatic carbocycles. The Bertz CT molecular complexity index is 350. The molecule has 0 spiro atoms. The van der Waals surface area contributed by atoms with Crippen LogP contribution in [0.1, 0.15) is 25.7 Å². The highest BCUT2D eigenvalue weighted by Gasteiger charge is 2.22. The highest BCUT2D eigenvalue weighted by molar-refractivity contribution is 8.00. The molecule has 0 bridgehead atoms. The molecule has 0 heterocycles. The van der Waals surface area contributed by atoms with E-state index in [1.807, 2.05) is 6.07 Å². The van der Waals surface area contributed by atoms with Gasteiger partial charge in [-0.05, 0) is 31.0 Å². The molecule has 0 aromatic heterocycles. The SMILES string of the molecule is Nc1cc(F)cc(SC2CCCCC2N)c1. The predicted molar refractivity (Wildman–Crippen MR) is 66.9 cm³/mol. The summed E-state index contributed by atoms with van der Waals surface area (Å²) in [5, 5.41) is 0.398. The molecule has 0 saturated heterocycles. The summed E-state index contributed by atoms with van der Waals surface area (Å²) in [6.07, 6.45) is 4.62. The lowest BCUT2D eigenvalue weighted by atomic mass is 9.96. The average molecular weight is 240 g/mol. The first kappa shape index (κ1) is 11.7. The first-order chi connectivity index (χ1) is 7.65. The van der Waals surface area contributed by atoms with Crippen LogP contribution in [0.2, 0.25) is 0 Å².